The lowest BCUT2D eigenvalue weighted by molar-refractivity contribution is -0.126. The third-order valence-electron chi connectivity index (χ3n) is 5.99. The minimum absolute atomic E-state index is 0.105. The van der Waals surface area contributed by atoms with Gasteiger partial charge < -0.3 is 10.1 Å². The highest BCUT2D eigenvalue weighted by molar-refractivity contribution is 5.80. The summed E-state index contributed by atoms with van der Waals surface area (Å²) in [6.45, 7) is 0. The molecular weight excluding hydrogens is 274 g/mol. The second-order valence-corrected chi connectivity index (χ2v) is 7.73. The number of rotatable bonds is 4. The third-order valence-corrected chi connectivity index (χ3v) is 5.99. The van der Waals surface area contributed by atoms with E-state index in [0.717, 1.165) is 29.1 Å². The van der Waals surface area contributed by atoms with Gasteiger partial charge in [0, 0.05) is 11.1 Å². The molecule has 22 heavy (non-hydrogen) atoms. The number of methoxy groups -OCH3 is 1. The summed E-state index contributed by atoms with van der Waals surface area (Å²) >= 11 is 0. The average Bonchev–Trinajstić information content (AvgIpc) is 2.45. The van der Waals surface area contributed by atoms with E-state index in [1.54, 1.807) is 7.11 Å². The van der Waals surface area contributed by atoms with Crippen molar-refractivity contribution in [2.24, 2.45) is 17.8 Å². The highest BCUT2D eigenvalue weighted by atomic mass is 16.5. The van der Waals surface area contributed by atoms with Gasteiger partial charge >= 0.3 is 0 Å². The van der Waals surface area contributed by atoms with E-state index in [1.807, 2.05) is 24.3 Å². The van der Waals surface area contributed by atoms with Gasteiger partial charge in [0.1, 0.15) is 5.75 Å². The summed E-state index contributed by atoms with van der Waals surface area (Å²) < 4.78 is 5.36. The minimum Gasteiger partial charge on any atom is -0.496 e. The Hall–Kier alpha value is -1.51. The minimum atomic E-state index is 0.105. The van der Waals surface area contributed by atoms with Crippen LogP contribution in [0, 0.1) is 17.8 Å². The van der Waals surface area contributed by atoms with E-state index in [1.165, 1.54) is 38.5 Å². The Bertz CT molecular complexity index is 545. The predicted molar refractivity (Wildman–Crippen MR) is 85.7 cm³/mol. The van der Waals surface area contributed by atoms with Gasteiger partial charge in [0.05, 0.1) is 13.5 Å². The van der Waals surface area contributed by atoms with Crippen molar-refractivity contribution < 1.29 is 9.53 Å². The molecule has 0 aliphatic heterocycles. The van der Waals surface area contributed by atoms with Crippen LogP contribution in [0.1, 0.15) is 44.1 Å². The number of hydrogen-bond acceptors (Lipinski definition) is 2. The number of amides is 1. The van der Waals surface area contributed by atoms with Crippen LogP contribution < -0.4 is 10.1 Å². The molecule has 1 N–H and O–H groups in total. The fourth-order valence-corrected chi connectivity index (χ4v) is 5.63. The van der Waals surface area contributed by atoms with E-state index in [9.17, 15) is 4.79 Å². The van der Waals surface area contributed by atoms with Gasteiger partial charge in [-0.05, 0) is 62.3 Å². The lowest BCUT2D eigenvalue weighted by atomic mass is 9.53. The molecule has 3 heteroatoms. The van der Waals surface area contributed by atoms with Crippen LogP contribution in [-0.4, -0.2) is 18.6 Å². The molecule has 118 valence electrons. The first-order valence-electron chi connectivity index (χ1n) is 8.59. The van der Waals surface area contributed by atoms with E-state index in [-0.39, 0.29) is 11.4 Å². The van der Waals surface area contributed by atoms with Crippen molar-refractivity contribution in [3.8, 4) is 5.75 Å². The second-order valence-electron chi connectivity index (χ2n) is 7.73. The Morgan fingerprint density at radius 2 is 1.73 bits per heavy atom. The summed E-state index contributed by atoms with van der Waals surface area (Å²) in [6, 6.07) is 7.82. The summed E-state index contributed by atoms with van der Waals surface area (Å²) in [5, 5.41) is 3.43. The van der Waals surface area contributed by atoms with Crippen molar-refractivity contribution in [1.29, 1.82) is 0 Å². The van der Waals surface area contributed by atoms with Gasteiger partial charge in [0.15, 0.2) is 0 Å². The first kappa shape index (κ1) is 14.1. The molecular formula is C19H25NO2. The largest absolute Gasteiger partial charge is 0.496 e. The number of para-hydroxylation sites is 1. The van der Waals surface area contributed by atoms with Gasteiger partial charge in [-0.3, -0.25) is 4.79 Å². The second kappa shape index (κ2) is 5.29. The molecule has 1 aromatic carbocycles. The number of ether oxygens (including phenoxy) is 1. The molecule has 1 aromatic rings. The number of hydrogen-bond donors (Lipinski definition) is 1. The quantitative estimate of drug-likeness (QED) is 0.926. The monoisotopic (exact) mass is 299 g/mol. The standard InChI is InChI=1S/C19H25NO2/c1-22-17-5-3-2-4-16(17)9-18(21)20-19-10-13-6-14(11-19)8-15(7-13)12-19/h2-5,13-15H,6-12H2,1H3,(H,20,21). The van der Waals surface area contributed by atoms with Crippen LogP contribution in [0.3, 0.4) is 0 Å². The van der Waals surface area contributed by atoms with E-state index in [0.29, 0.717) is 6.42 Å². The van der Waals surface area contributed by atoms with Gasteiger partial charge in [-0.1, -0.05) is 18.2 Å². The average molecular weight is 299 g/mol. The van der Waals surface area contributed by atoms with Crippen molar-refractivity contribution in [2.45, 2.75) is 50.5 Å². The fourth-order valence-electron chi connectivity index (χ4n) is 5.63. The normalized spacial score (nSPS) is 35.4. The maximum Gasteiger partial charge on any atom is 0.224 e. The lowest BCUT2D eigenvalue weighted by Crippen LogP contribution is -2.60. The van der Waals surface area contributed by atoms with Crippen molar-refractivity contribution in [1.82, 2.24) is 5.32 Å². The molecule has 4 saturated carbocycles. The first-order valence-corrected chi connectivity index (χ1v) is 8.59. The summed E-state index contributed by atoms with van der Waals surface area (Å²) in [5.41, 5.74) is 1.08. The van der Waals surface area contributed by atoms with E-state index in [2.05, 4.69) is 5.32 Å². The van der Waals surface area contributed by atoms with E-state index in [4.69, 9.17) is 4.74 Å². The van der Waals surface area contributed by atoms with Crippen molar-refractivity contribution in [3.05, 3.63) is 29.8 Å². The molecule has 4 aliphatic rings. The van der Waals surface area contributed by atoms with Crippen LogP contribution in [0.2, 0.25) is 0 Å². The van der Waals surface area contributed by atoms with Crippen LogP contribution in [0.15, 0.2) is 24.3 Å². The van der Waals surface area contributed by atoms with Crippen LogP contribution >= 0.6 is 0 Å². The van der Waals surface area contributed by atoms with Crippen LogP contribution in [0.4, 0.5) is 0 Å². The molecule has 0 spiro atoms. The van der Waals surface area contributed by atoms with E-state index < -0.39 is 0 Å². The molecule has 0 unspecified atom stereocenters. The van der Waals surface area contributed by atoms with Gasteiger partial charge in [-0.25, -0.2) is 0 Å². The summed E-state index contributed by atoms with van der Waals surface area (Å²) in [7, 11) is 1.66. The Kier molecular flexibility index (Phi) is 3.39. The van der Waals surface area contributed by atoms with E-state index >= 15 is 0 Å². The Labute approximate surface area is 132 Å². The Morgan fingerprint density at radius 3 is 2.32 bits per heavy atom. The molecule has 1 amide bonds. The molecule has 0 atom stereocenters. The molecule has 4 fully saturated rings. The molecule has 0 aromatic heterocycles. The van der Waals surface area contributed by atoms with Gasteiger partial charge in [-0.15, -0.1) is 0 Å². The number of carbonyl (C=O) groups is 1. The molecule has 0 heterocycles. The molecule has 5 rings (SSSR count). The van der Waals surface area contributed by atoms with Crippen LogP contribution in [-0.2, 0) is 11.2 Å². The maximum absolute atomic E-state index is 12.6. The highest BCUT2D eigenvalue weighted by Gasteiger charge is 2.51. The van der Waals surface area contributed by atoms with Gasteiger partial charge in [-0.2, -0.15) is 0 Å². The van der Waals surface area contributed by atoms with Crippen molar-refractivity contribution in [3.63, 3.8) is 0 Å². The van der Waals surface area contributed by atoms with Crippen molar-refractivity contribution >= 4 is 5.91 Å². The van der Waals surface area contributed by atoms with Crippen molar-refractivity contribution in [2.75, 3.05) is 7.11 Å². The Balaban J connectivity index is 1.46. The molecule has 4 aliphatic carbocycles. The zero-order valence-electron chi connectivity index (χ0n) is 13.3. The van der Waals surface area contributed by atoms with Crippen LogP contribution in [0.25, 0.3) is 0 Å². The molecule has 0 radical (unpaired) electrons. The smallest absolute Gasteiger partial charge is 0.224 e. The number of nitrogens with one attached hydrogen (secondary N) is 1. The zero-order valence-corrected chi connectivity index (χ0v) is 13.3. The predicted octanol–water partition coefficient (Wildman–Crippen LogP) is 3.32. The Morgan fingerprint density at radius 1 is 1.14 bits per heavy atom. The topological polar surface area (TPSA) is 38.3 Å². The lowest BCUT2D eigenvalue weighted by Gasteiger charge is -2.56. The van der Waals surface area contributed by atoms with Gasteiger partial charge in [0.2, 0.25) is 5.91 Å². The van der Waals surface area contributed by atoms with Crippen LogP contribution in [0.5, 0.6) is 5.75 Å². The molecule has 0 saturated heterocycles. The third kappa shape index (κ3) is 2.51. The first-order chi connectivity index (χ1) is 10.7. The summed E-state index contributed by atoms with van der Waals surface area (Å²) in [6.07, 6.45) is 8.25. The summed E-state index contributed by atoms with van der Waals surface area (Å²) in [5.74, 6) is 3.54. The summed E-state index contributed by atoms with van der Waals surface area (Å²) in [4.78, 5) is 12.6. The van der Waals surface area contributed by atoms with Gasteiger partial charge in [0.25, 0.3) is 0 Å². The number of benzene rings is 1. The molecule has 4 bridgehead atoms. The maximum atomic E-state index is 12.6. The molecule has 3 nitrogen and oxygen atoms in total. The number of carbonyl (C=O) groups excluding carboxylic acids is 1. The fraction of sp³-hybridized carbons (Fsp3) is 0.632. The highest BCUT2D eigenvalue weighted by Crippen LogP contribution is 2.55. The SMILES string of the molecule is COc1ccccc1CC(=O)NC12CC3CC(CC(C3)C1)C2. The zero-order chi connectivity index (χ0) is 15.2.